The van der Waals surface area contributed by atoms with Gasteiger partial charge >= 0.3 is 0 Å². The molecule has 0 aliphatic heterocycles. The van der Waals surface area contributed by atoms with Crippen LogP contribution in [0, 0.1) is 0 Å². The van der Waals surface area contributed by atoms with E-state index in [9.17, 15) is 0 Å². The lowest BCUT2D eigenvalue weighted by atomic mass is 10.1. The van der Waals surface area contributed by atoms with Gasteiger partial charge in [0.15, 0.2) is 0 Å². The first-order valence-electron chi connectivity index (χ1n) is 8.91. The Labute approximate surface area is 168 Å². The summed E-state index contributed by atoms with van der Waals surface area (Å²) in [5.41, 5.74) is 3.68. The largest absolute Gasteiger partial charge is 0.309 e. The van der Waals surface area contributed by atoms with E-state index in [1.165, 1.54) is 47.7 Å². The van der Waals surface area contributed by atoms with Gasteiger partial charge < -0.3 is 4.57 Å². The molecule has 2 aromatic heterocycles. The van der Waals surface area contributed by atoms with Gasteiger partial charge in [-0.2, -0.15) is 0 Å². The van der Waals surface area contributed by atoms with Crippen molar-refractivity contribution < 1.29 is 0 Å². The van der Waals surface area contributed by atoms with Crippen LogP contribution in [0.5, 0.6) is 0 Å². The van der Waals surface area contributed by atoms with E-state index in [0.717, 1.165) is 4.47 Å². The van der Waals surface area contributed by atoms with Crippen LogP contribution in [0.3, 0.4) is 0 Å². The van der Waals surface area contributed by atoms with Gasteiger partial charge in [-0.05, 0) is 30.3 Å². The fraction of sp³-hybridized carbons (Fsp3) is 0. The van der Waals surface area contributed by atoms with Crippen molar-refractivity contribution in [2.24, 2.45) is 0 Å². The minimum atomic E-state index is 1.16. The van der Waals surface area contributed by atoms with Crippen molar-refractivity contribution in [2.75, 3.05) is 0 Å². The van der Waals surface area contributed by atoms with E-state index in [4.69, 9.17) is 0 Å². The van der Waals surface area contributed by atoms with Gasteiger partial charge in [0.25, 0.3) is 0 Å². The monoisotopic (exact) mass is 427 g/mol. The summed E-state index contributed by atoms with van der Waals surface area (Å²) >= 11 is 5.76. The number of thiophene rings is 1. The number of rotatable bonds is 1. The number of hydrogen-bond acceptors (Lipinski definition) is 1. The number of aromatic nitrogens is 1. The molecule has 0 atom stereocenters. The second kappa shape index (κ2) is 5.69. The lowest BCUT2D eigenvalue weighted by Crippen LogP contribution is -1.92. The van der Waals surface area contributed by atoms with Crippen LogP contribution in [0.2, 0.25) is 0 Å². The quantitative estimate of drug-likeness (QED) is 0.251. The summed E-state index contributed by atoms with van der Waals surface area (Å²) in [5, 5.41) is 5.29. The molecule has 0 amide bonds. The summed E-state index contributed by atoms with van der Waals surface area (Å²) in [6.45, 7) is 0. The molecule has 0 saturated carbocycles. The fourth-order valence-electron chi connectivity index (χ4n) is 4.14. The summed E-state index contributed by atoms with van der Waals surface area (Å²) in [4.78, 5) is 0. The Kier molecular flexibility index (Phi) is 3.25. The molecule has 2 heterocycles. The van der Waals surface area contributed by atoms with Crippen LogP contribution >= 0.6 is 27.3 Å². The summed E-state index contributed by atoms with van der Waals surface area (Å²) in [5.74, 6) is 0. The Morgan fingerprint density at radius 1 is 0.667 bits per heavy atom. The average Bonchev–Trinajstić information content (AvgIpc) is 3.24. The van der Waals surface area contributed by atoms with E-state index in [-0.39, 0.29) is 0 Å². The number of fused-ring (bicyclic) bond motifs is 7. The smallest absolute Gasteiger partial charge is 0.0567 e. The Morgan fingerprint density at radius 3 is 2.22 bits per heavy atom. The molecule has 0 radical (unpaired) electrons. The van der Waals surface area contributed by atoms with Crippen molar-refractivity contribution in [1.82, 2.24) is 4.57 Å². The molecule has 0 aliphatic carbocycles. The van der Waals surface area contributed by atoms with Gasteiger partial charge in [-0.3, -0.25) is 0 Å². The molecule has 128 valence electrons. The highest BCUT2D eigenvalue weighted by molar-refractivity contribution is 9.10. The molecule has 0 N–H and O–H groups in total. The van der Waals surface area contributed by atoms with E-state index >= 15 is 0 Å². The van der Waals surface area contributed by atoms with Crippen LogP contribution in [-0.4, -0.2) is 4.57 Å². The number of halogens is 1. The molecule has 0 fully saturated rings. The number of nitrogens with zero attached hydrogens (tertiary/aromatic N) is 1. The first-order valence-corrected chi connectivity index (χ1v) is 10.5. The average molecular weight is 428 g/mol. The molecular formula is C24H14BrNS. The highest BCUT2D eigenvalue weighted by atomic mass is 79.9. The molecule has 6 aromatic rings. The molecule has 0 saturated heterocycles. The Hall–Kier alpha value is -2.62. The van der Waals surface area contributed by atoms with Crippen molar-refractivity contribution in [3.8, 4) is 5.69 Å². The molecule has 0 spiro atoms. The van der Waals surface area contributed by atoms with E-state index in [0.29, 0.717) is 0 Å². The number of para-hydroxylation sites is 2. The van der Waals surface area contributed by atoms with Crippen LogP contribution < -0.4 is 0 Å². The zero-order valence-corrected chi connectivity index (χ0v) is 16.7. The lowest BCUT2D eigenvalue weighted by molar-refractivity contribution is 1.18. The first-order chi connectivity index (χ1) is 13.3. The molecule has 3 heteroatoms. The summed E-state index contributed by atoms with van der Waals surface area (Å²) < 4.78 is 6.21. The lowest BCUT2D eigenvalue weighted by Gasteiger charge is -2.08. The molecule has 1 nitrogen and oxygen atoms in total. The molecule has 4 aromatic carbocycles. The number of benzene rings is 4. The highest BCUT2D eigenvalue weighted by Crippen LogP contribution is 2.46. The van der Waals surface area contributed by atoms with E-state index < -0.39 is 0 Å². The molecule has 0 bridgehead atoms. The van der Waals surface area contributed by atoms with Gasteiger partial charge in [0.05, 0.1) is 11.0 Å². The molecule has 27 heavy (non-hydrogen) atoms. The van der Waals surface area contributed by atoms with Crippen LogP contribution in [0.1, 0.15) is 0 Å². The third-order valence-corrected chi connectivity index (χ3v) is 7.06. The minimum absolute atomic E-state index is 1.16. The second-order valence-electron chi connectivity index (χ2n) is 6.74. The van der Waals surface area contributed by atoms with Crippen LogP contribution in [0.4, 0.5) is 0 Å². The zero-order chi connectivity index (χ0) is 18.0. The first kappa shape index (κ1) is 15.4. The van der Waals surface area contributed by atoms with Gasteiger partial charge in [-0.1, -0.05) is 70.5 Å². The van der Waals surface area contributed by atoms with Crippen molar-refractivity contribution in [2.45, 2.75) is 0 Å². The van der Waals surface area contributed by atoms with Crippen LogP contribution in [0.25, 0.3) is 47.7 Å². The standard InChI is InChI=1S/C24H14BrNS/c25-18-14-20-23(24-22(18)17-11-5-7-13-21(17)27-24)16-10-4-6-12-19(16)26(20)15-8-2-1-3-9-15/h1-14H. The predicted molar refractivity (Wildman–Crippen MR) is 121 cm³/mol. The second-order valence-corrected chi connectivity index (χ2v) is 8.65. The Balaban J connectivity index is 1.92. The molecule has 0 unspecified atom stereocenters. The summed E-state index contributed by atoms with van der Waals surface area (Å²) in [6.07, 6.45) is 0. The van der Waals surface area contributed by atoms with E-state index in [1.807, 2.05) is 11.3 Å². The maximum atomic E-state index is 3.88. The van der Waals surface area contributed by atoms with Gasteiger partial charge in [0, 0.05) is 41.1 Å². The number of hydrogen-bond donors (Lipinski definition) is 0. The third kappa shape index (κ3) is 2.10. The topological polar surface area (TPSA) is 4.93 Å². The normalized spacial score (nSPS) is 11.9. The predicted octanol–water partition coefficient (Wildman–Crippen LogP) is 7.91. The van der Waals surface area contributed by atoms with Crippen LogP contribution in [0.15, 0.2) is 89.4 Å². The summed E-state index contributed by atoms with van der Waals surface area (Å²) in [7, 11) is 0. The SMILES string of the molecule is Brc1cc2c(c3ccccc3n2-c2ccccc2)c2sc3ccccc3c12. The van der Waals surface area contributed by atoms with Gasteiger partial charge in [0.2, 0.25) is 0 Å². The van der Waals surface area contributed by atoms with Gasteiger partial charge in [0.1, 0.15) is 0 Å². The zero-order valence-electron chi connectivity index (χ0n) is 14.3. The van der Waals surface area contributed by atoms with E-state index in [1.54, 1.807) is 0 Å². The fourth-order valence-corrected chi connectivity index (χ4v) is 6.19. The Morgan fingerprint density at radius 2 is 1.37 bits per heavy atom. The Bertz CT molecular complexity index is 1470. The highest BCUT2D eigenvalue weighted by Gasteiger charge is 2.19. The van der Waals surface area contributed by atoms with Crippen molar-refractivity contribution in [3.05, 3.63) is 89.4 Å². The van der Waals surface area contributed by atoms with E-state index in [2.05, 4.69) is 105 Å². The summed E-state index contributed by atoms with van der Waals surface area (Å²) in [6, 6.07) is 30.3. The van der Waals surface area contributed by atoms with Crippen molar-refractivity contribution >= 4 is 69.2 Å². The van der Waals surface area contributed by atoms with Gasteiger partial charge in [-0.15, -0.1) is 11.3 Å². The van der Waals surface area contributed by atoms with Crippen molar-refractivity contribution in [3.63, 3.8) is 0 Å². The third-order valence-electron chi connectivity index (χ3n) is 5.25. The maximum absolute atomic E-state index is 3.88. The van der Waals surface area contributed by atoms with Crippen LogP contribution in [-0.2, 0) is 0 Å². The molecule has 0 aliphatic rings. The molecule has 6 rings (SSSR count). The molecular weight excluding hydrogens is 414 g/mol. The minimum Gasteiger partial charge on any atom is -0.309 e. The maximum Gasteiger partial charge on any atom is 0.0567 e. The van der Waals surface area contributed by atoms with Crippen molar-refractivity contribution in [1.29, 1.82) is 0 Å². The van der Waals surface area contributed by atoms with Gasteiger partial charge in [-0.25, -0.2) is 0 Å².